The number of carbonyl (C=O) groups is 1. The van der Waals surface area contributed by atoms with Crippen LogP contribution in [-0.2, 0) is 6.54 Å². The summed E-state index contributed by atoms with van der Waals surface area (Å²) in [5.74, 6) is -1.13. The molecule has 1 amide bonds. The summed E-state index contributed by atoms with van der Waals surface area (Å²) < 4.78 is 0. The van der Waals surface area contributed by atoms with Crippen LogP contribution in [0.5, 0.6) is 11.5 Å². The fourth-order valence-corrected chi connectivity index (χ4v) is 3.72. The first kappa shape index (κ1) is 22.6. The first-order valence-corrected chi connectivity index (χ1v) is 10.8. The predicted octanol–water partition coefficient (Wildman–Crippen LogP) is 6.02. The van der Waals surface area contributed by atoms with Crippen LogP contribution >= 0.6 is 23.2 Å². The Bertz CT molecular complexity index is 1310. The van der Waals surface area contributed by atoms with Crippen LogP contribution in [0.3, 0.4) is 0 Å². The Morgan fingerprint density at radius 2 is 1.67 bits per heavy atom. The van der Waals surface area contributed by atoms with Crippen LogP contribution in [0.15, 0.2) is 72.9 Å². The summed E-state index contributed by atoms with van der Waals surface area (Å²) in [7, 11) is 0. The van der Waals surface area contributed by atoms with Crippen LogP contribution < -0.4 is 4.90 Å². The number of aromatic hydroxyl groups is 2. The lowest BCUT2D eigenvalue weighted by atomic mass is 10.1. The first-order chi connectivity index (χ1) is 15.8. The van der Waals surface area contributed by atoms with Gasteiger partial charge in [-0.1, -0.05) is 54.1 Å². The largest absolute Gasteiger partial charge is 0.507 e. The van der Waals surface area contributed by atoms with Crippen LogP contribution in [-0.4, -0.2) is 26.1 Å². The van der Waals surface area contributed by atoms with E-state index in [0.717, 1.165) is 22.8 Å². The van der Waals surface area contributed by atoms with Crippen molar-refractivity contribution in [3.8, 4) is 22.8 Å². The van der Waals surface area contributed by atoms with E-state index in [-0.39, 0.29) is 33.9 Å². The van der Waals surface area contributed by atoms with Gasteiger partial charge in [0.2, 0.25) is 5.28 Å². The molecule has 0 unspecified atom stereocenters. The molecule has 0 atom stereocenters. The van der Waals surface area contributed by atoms with E-state index in [1.807, 2.05) is 49.4 Å². The van der Waals surface area contributed by atoms with Crippen molar-refractivity contribution in [3.63, 3.8) is 0 Å². The molecule has 0 aliphatic carbocycles. The molecule has 166 valence electrons. The third-order valence-corrected chi connectivity index (χ3v) is 5.60. The molecule has 3 aromatic carbocycles. The molecule has 0 radical (unpaired) electrons. The van der Waals surface area contributed by atoms with Gasteiger partial charge in [0, 0.05) is 23.5 Å². The monoisotopic (exact) mass is 479 g/mol. The summed E-state index contributed by atoms with van der Waals surface area (Å²) in [5.41, 5.74) is 3.88. The number of nitrogens with zero attached hydrogens (tertiary/aromatic N) is 3. The van der Waals surface area contributed by atoms with Gasteiger partial charge in [-0.15, -0.1) is 0 Å². The number of amides is 1. The second-order valence-corrected chi connectivity index (χ2v) is 8.16. The quantitative estimate of drug-likeness (QED) is 0.342. The van der Waals surface area contributed by atoms with E-state index in [1.54, 1.807) is 18.3 Å². The molecule has 0 bridgehead atoms. The zero-order chi connectivity index (χ0) is 23.5. The maximum absolute atomic E-state index is 13.5. The molecule has 0 saturated heterocycles. The highest BCUT2D eigenvalue weighted by molar-refractivity contribution is 6.32. The molecular weight excluding hydrogens is 461 g/mol. The standard InChI is InChI=1S/C25H19Cl2N3O3/c1-15-13-28-25(27)29-23(15)17-7-9-18(10-8-17)30(14-16-5-3-2-4-6-16)24(33)19-11-20(26)22(32)12-21(19)31/h2-13,31-32H,14H2,1H3. The third kappa shape index (κ3) is 4.92. The number of benzene rings is 3. The van der Waals surface area contributed by atoms with Gasteiger partial charge >= 0.3 is 0 Å². The molecule has 0 fully saturated rings. The molecule has 0 aliphatic heterocycles. The van der Waals surface area contributed by atoms with Gasteiger partial charge in [-0.2, -0.15) is 0 Å². The zero-order valence-electron chi connectivity index (χ0n) is 17.5. The Morgan fingerprint density at radius 3 is 2.36 bits per heavy atom. The van der Waals surface area contributed by atoms with Gasteiger partial charge in [0.15, 0.2) is 0 Å². The predicted molar refractivity (Wildman–Crippen MR) is 129 cm³/mol. The number of rotatable bonds is 5. The number of halogens is 2. The van der Waals surface area contributed by atoms with E-state index in [2.05, 4.69) is 9.97 Å². The Balaban J connectivity index is 1.74. The van der Waals surface area contributed by atoms with E-state index in [1.165, 1.54) is 11.0 Å². The van der Waals surface area contributed by atoms with Crippen molar-refractivity contribution in [2.45, 2.75) is 13.5 Å². The Kier molecular flexibility index (Phi) is 6.49. The molecule has 2 N–H and O–H groups in total. The smallest absolute Gasteiger partial charge is 0.262 e. The highest BCUT2D eigenvalue weighted by atomic mass is 35.5. The van der Waals surface area contributed by atoms with Crippen LogP contribution in [0, 0.1) is 6.92 Å². The minimum absolute atomic E-state index is 0.0174. The first-order valence-electron chi connectivity index (χ1n) is 10.0. The van der Waals surface area contributed by atoms with Gasteiger partial charge in [-0.3, -0.25) is 4.79 Å². The summed E-state index contributed by atoms with van der Waals surface area (Å²) in [6.45, 7) is 2.15. The average molecular weight is 480 g/mol. The fourth-order valence-electron chi connectivity index (χ4n) is 3.43. The summed E-state index contributed by atoms with van der Waals surface area (Å²) in [6.07, 6.45) is 1.65. The summed E-state index contributed by atoms with van der Waals surface area (Å²) >= 11 is 12.0. The van der Waals surface area contributed by atoms with E-state index in [4.69, 9.17) is 23.2 Å². The molecule has 8 heteroatoms. The van der Waals surface area contributed by atoms with Crippen LogP contribution in [0.1, 0.15) is 21.5 Å². The highest BCUT2D eigenvalue weighted by Gasteiger charge is 2.23. The SMILES string of the molecule is Cc1cnc(Cl)nc1-c1ccc(N(Cc2ccccc2)C(=O)c2cc(Cl)c(O)cc2O)cc1. The topological polar surface area (TPSA) is 86.6 Å². The highest BCUT2D eigenvalue weighted by Crippen LogP contribution is 2.33. The van der Waals surface area contributed by atoms with Crippen molar-refractivity contribution in [2.75, 3.05) is 4.90 Å². The van der Waals surface area contributed by atoms with Crippen molar-refractivity contribution in [3.05, 3.63) is 99.9 Å². The molecular formula is C25H19Cl2N3O3. The number of anilines is 1. The summed E-state index contributed by atoms with van der Waals surface area (Å²) in [6, 6.07) is 19.1. The van der Waals surface area contributed by atoms with Gasteiger partial charge in [0.05, 0.1) is 22.8 Å². The van der Waals surface area contributed by atoms with E-state index in [0.29, 0.717) is 11.4 Å². The van der Waals surface area contributed by atoms with Crippen LogP contribution in [0.4, 0.5) is 5.69 Å². The Labute approximate surface area is 200 Å². The van der Waals surface area contributed by atoms with E-state index in [9.17, 15) is 15.0 Å². The number of phenolic OH excluding ortho intramolecular Hbond substituents is 2. The summed E-state index contributed by atoms with van der Waals surface area (Å²) in [5, 5.41) is 20.2. The molecule has 0 aliphatic rings. The second kappa shape index (κ2) is 9.48. The van der Waals surface area contributed by atoms with Gasteiger partial charge in [-0.05, 0) is 47.9 Å². The Hall–Kier alpha value is -3.61. The zero-order valence-corrected chi connectivity index (χ0v) is 19.0. The van der Waals surface area contributed by atoms with Crippen LogP contribution in [0.2, 0.25) is 10.3 Å². The molecule has 33 heavy (non-hydrogen) atoms. The number of phenols is 2. The number of aryl methyl sites for hydroxylation is 1. The number of hydrogen-bond donors (Lipinski definition) is 2. The lowest BCUT2D eigenvalue weighted by molar-refractivity contribution is 0.0982. The van der Waals surface area contributed by atoms with Crippen molar-refractivity contribution >= 4 is 34.8 Å². The van der Waals surface area contributed by atoms with Crippen molar-refractivity contribution in [1.82, 2.24) is 9.97 Å². The van der Waals surface area contributed by atoms with Crippen molar-refractivity contribution in [1.29, 1.82) is 0 Å². The minimum Gasteiger partial charge on any atom is -0.507 e. The minimum atomic E-state index is -0.465. The molecule has 6 nitrogen and oxygen atoms in total. The molecule has 1 aromatic heterocycles. The maximum Gasteiger partial charge on any atom is 0.262 e. The van der Waals surface area contributed by atoms with Crippen LogP contribution in [0.25, 0.3) is 11.3 Å². The third-order valence-electron chi connectivity index (χ3n) is 5.12. The molecule has 4 rings (SSSR count). The van der Waals surface area contributed by atoms with Gasteiger partial charge in [0.1, 0.15) is 11.5 Å². The number of aromatic nitrogens is 2. The number of hydrogen-bond acceptors (Lipinski definition) is 5. The van der Waals surface area contributed by atoms with Crippen molar-refractivity contribution in [2.24, 2.45) is 0 Å². The van der Waals surface area contributed by atoms with E-state index >= 15 is 0 Å². The van der Waals surface area contributed by atoms with Gasteiger partial charge < -0.3 is 15.1 Å². The number of carbonyl (C=O) groups excluding carboxylic acids is 1. The van der Waals surface area contributed by atoms with Crippen molar-refractivity contribution < 1.29 is 15.0 Å². The van der Waals surface area contributed by atoms with Gasteiger partial charge in [-0.25, -0.2) is 9.97 Å². The fraction of sp³-hybridized carbons (Fsp3) is 0.0800. The normalized spacial score (nSPS) is 10.8. The lowest BCUT2D eigenvalue weighted by Crippen LogP contribution is -2.30. The molecule has 1 heterocycles. The van der Waals surface area contributed by atoms with Gasteiger partial charge in [0.25, 0.3) is 5.91 Å². The second-order valence-electron chi connectivity index (χ2n) is 7.42. The van der Waals surface area contributed by atoms with E-state index < -0.39 is 5.91 Å². The molecule has 4 aromatic rings. The Morgan fingerprint density at radius 1 is 0.970 bits per heavy atom. The lowest BCUT2D eigenvalue weighted by Gasteiger charge is -2.24. The molecule has 0 spiro atoms. The maximum atomic E-state index is 13.5. The molecule has 0 saturated carbocycles. The summed E-state index contributed by atoms with van der Waals surface area (Å²) in [4.78, 5) is 23.3. The average Bonchev–Trinajstić information content (AvgIpc) is 2.82.